The number of fused-ring (bicyclic) bond motifs is 1. The molecule has 0 atom stereocenters. The van der Waals surface area contributed by atoms with Crippen LogP contribution < -0.4 is 10.2 Å². The van der Waals surface area contributed by atoms with Crippen LogP contribution in [0.1, 0.15) is 27.2 Å². The molecule has 1 aliphatic rings. The van der Waals surface area contributed by atoms with Crippen LogP contribution in [0.5, 0.6) is 0 Å². The van der Waals surface area contributed by atoms with Gasteiger partial charge in [-0.15, -0.1) is 11.3 Å². The third-order valence-electron chi connectivity index (χ3n) is 5.89. The molecular weight excluding hydrogens is 428 g/mol. The third-order valence-corrected chi connectivity index (χ3v) is 6.75. The van der Waals surface area contributed by atoms with Gasteiger partial charge in [0.1, 0.15) is 0 Å². The maximum Gasteiger partial charge on any atom is 0.268 e. The Kier molecular flexibility index (Phi) is 6.05. The number of carbonyl (C=O) groups is 2. The van der Waals surface area contributed by atoms with Crippen LogP contribution >= 0.6 is 11.3 Å². The van der Waals surface area contributed by atoms with E-state index in [2.05, 4.69) is 17.4 Å². The lowest BCUT2D eigenvalue weighted by Crippen LogP contribution is -2.35. The van der Waals surface area contributed by atoms with Gasteiger partial charge in [-0.05, 0) is 58.7 Å². The zero-order valence-corrected chi connectivity index (χ0v) is 19.0. The fourth-order valence-corrected chi connectivity index (χ4v) is 4.90. The number of rotatable bonds is 5. The summed E-state index contributed by atoms with van der Waals surface area (Å²) in [4.78, 5) is 28.3. The summed E-state index contributed by atoms with van der Waals surface area (Å²) in [7, 11) is 0. The highest BCUT2D eigenvalue weighted by Crippen LogP contribution is 2.32. The maximum absolute atomic E-state index is 13.0. The number of nitrogens with zero attached hydrogens (tertiary/aromatic N) is 1. The quantitative estimate of drug-likeness (QED) is 0.393. The van der Waals surface area contributed by atoms with E-state index in [4.69, 9.17) is 0 Å². The molecule has 2 heterocycles. The molecule has 1 aromatic heterocycles. The molecule has 0 saturated heterocycles. The zero-order valence-electron chi connectivity index (χ0n) is 18.2. The zero-order chi connectivity index (χ0) is 22.6. The number of carbonyl (C=O) groups excluding carboxylic acids is 2. The molecule has 0 fully saturated rings. The molecule has 0 bridgehead atoms. The van der Waals surface area contributed by atoms with E-state index in [0.29, 0.717) is 18.7 Å². The number of nitrogens with one attached hydrogen (secondary N) is 1. The second-order valence-electron chi connectivity index (χ2n) is 8.17. The third kappa shape index (κ3) is 4.73. The van der Waals surface area contributed by atoms with Crippen LogP contribution in [0.15, 0.2) is 90.3 Å². The Morgan fingerprint density at radius 1 is 0.879 bits per heavy atom. The molecule has 0 radical (unpaired) electrons. The van der Waals surface area contributed by atoms with Crippen molar-refractivity contribution in [3.05, 3.63) is 106 Å². The van der Waals surface area contributed by atoms with Gasteiger partial charge in [0.2, 0.25) is 5.91 Å². The Morgan fingerprint density at radius 2 is 1.67 bits per heavy atom. The van der Waals surface area contributed by atoms with Gasteiger partial charge in [0.15, 0.2) is 0 Å². The van der Waals surface area contributed by atoms with Gasteiger partial charge < -0.3 is 10.2 Å². The van der Waals surface area contributed by atoms with E-state index in [0.717, 1.165) is 45.7 Å². The molecule has 5 heteroatoms. The van der Waals surface area contributed by atoms with Gasteiger partial charge in [-0.1, -0.05) is 66.7 Å². The van der Waals surface area contributed by atoms with Gasteiger partial charge in [0.05, 0.1) is 11.3 Å². The van der Waals surface area contributed by atoms with Gasteiger partial charge >= 0.3 is 0 Å². The predicted molar refractivity (Wildman–Crippen MR) is 135 cm³/mol. The van der Waals surface area contributed by atoms with Crippen molar-refractivity contribution in [2.24, 2.45) is 0 Å². The lowest BCUT2D eigenvalue weighted by molar-refractivity contribution is -0.115. The van der Waals surface area contributed by atoms with Gasteiger partial charge in [-0.25, -0.2) is 0 Å². The van der Waals surface area contributed by atoms with Crippen LogP contribution in [0, 0.1) is 0 Å². The van der Waals surface area contributed by atoms with Gasteiger partial charge in [-0.3, -0.25) is 9.59 Å². The van der Waals surface area contributed by atoms with Crippen molar-refractivity contribution < 1.29 is 9.59 Å². The Morgan fingerprint density at radius 3 is 2.42 bits per heavy atom. The van der Waals surface area contributed by atoms with Crippen LogP contribution in [0.2, 0.25) is 0 Å². The van der Waals surface area contributed by atoms with Crippen LogP contribution in [0.3, 0.4) is 0 Å². The minimum absolute atomic E-state index is 0.0212. The van der Waals surface area contributed by atoms with Crippen LogP contribution in [0.4, 0.5) is 11.4 Å². The molecule has 1 N–H and O–H groups in total. The molecule has 5 rings (SSSR count). The fraction of sp³-hybridized carbons (Fsp3) is 0.143. The molecule has 2 amide bonds. The summed E-state index contributed by atoms with van der Waals surface area (Å²) in [5, 5.41) is 4.92. The van der Waals surface area contributed by atoms with Crippen molar-refractivity contribution in [3.8, 4) is 11.1 Å². The monoisotopic (exact) mass is 452 g/mol. The van der Waals surface area contributed by atoms with Gasteiger partial charge in [-0.2, -0.15) is 0 Å². The normalized spacial score (nSPS) is 12.8. The predicted octanol–water partition coefficient (Wildman–Crippen LogP) is 6.19. The highest BCUT2D eigenvalue weighted by molar-refractivity contribution is 7.12. The maximum atomic E-state index is 13.0. The standard InChI is InChI=1S/C28H24N2O2S/c31-27(18-20-10-12-22(13-11-20)21-6-2-1-3-7-21)29-24-15-14-23-8-4-16-30(25(23)19-24)28(32)26-9-5-17-33-26/h1-3,5-7,9-15,17,19H,4,8,16,18H2,(H,29,31). The largest absolute Gasteiger partial charge is 0.326 e. The fourth-order valence-electron chi connectivity index (χ4n) is 4.23. The van der Waals surface area contributed by atoms with Crippen LogP contribution in [-0.2, 0) is 17.6 Å². The Labute approximate surface area is 197 Å². The molecule has 4 nitrogen and oxygen atoms in total. The highest BCUT2D eigenvalue weighted by atomic mass is 32.1. The van der Waals surface area contributed by atoms with E-state index in [1.54, 1.807) is 0 Å². The van der Waals surface area contributed by atoms with Gasteiger partial charge in [0.25, 0.3) is 5.91 Å². The van der Waals surface area contributed by atoms with E-state index < -0.39 is 0 Å². The molecule has 0 unspecified atom stereocenters. The summed E-state index contributed by atoms with van der Waals surface area (Å²) in [6, 6.07) is 27.9. The van der Waals surface area contributed by atoms with E-state index in [9.17, 15) is 9.59 Å². The Bertz CT molecular complexity index is 1270. The smallest absolute Gasteiger partial charge is 0.268 e. The first-order valence-corrected chi connectivity index (χ1v) is 12.0. The Hall–Kier alpha value is -3.70. The lowest BCUT2D eigenvalue weighted by atomic mass is 10.0. The van der Waals surface area contributed by atoms with Gasteiger partial charge in [0, 0.05) is 17.9 Å². The molecule has 0 aliphatic carbocycles. The molecule has 3 aromatic carbocycles. The number of hydrogen-bond acceptors (Lipinski definition) is 3. The van der Waals surface area contributed by atoms with Crippen molar-refractivity contribution in [1.29, 1.82) is 0 Å². The first-order chi connectivity index (χ1) is 16.2. The second kappa shape index (κ2) is 9.43. The van der Waals surface area contributed by atoms with E-state index in [1.165, 1.54) is 11.3 Å². The van der Waals surface area contributed by atoms with Crippen molar-refractivity contribution in [2.75, 3.05) is 16.8 Å². The molecule has 0 spiro atoms. The number of anilines is 2. The topological polar surface area (TPSA) is 49.4 Å². The molecule has 4 aromatic rings. The number of amides is 2. The van der Waals surface area contributed by atoms with Crippen molar-refractivity contribution >= 4 is 34.5 Å². The average Bonchev–Trinajstić information content (AvgIpc) is 3.39. The average molecular weight is 453 g/mol. The summed E-state index contributed by atoms with van der Waals surface area (Å²) in [5.74, 6) is -0.0534. The molecule has 0 saturated carbocycles. The van der Waals surface area contributed by atoms with E-state index >= 15 is 0 Å². The minimum atomic E-state index is -0.0747. The molecule has 1 aliphatic heterocycles. The number of benzene rings is 3. The van der Waals surface area contributed by atoms with E-state index in [1.807, 2.05) is 83.1 Å². The van der Waals surface area contributed by atoms with Crippen LogP contribution in [-0.4, -0.2) is 18.4 Å². The minimum Gasteiger partial charge on any atom is -0.326 e. The summed E-state index contributed by atoms with van der Waals surface area (Å²) in [6.45, 7) is 0.689. The lowest BCUT2D eigenvalue weighted by Gasteiger charge is -2.29. The van der Waals surface area contributed by atoms with Crippen molar-refractivity contribution in [1.82, 2.24) is 0 Å². The number of hydrogen-bond donors (Lipinski definition) is 1. The molecule has 33 heavy (non-hydrogen) atoms. The summed E-state index contributed by atoms with van der Waals surface area (Å²) < 4.78 is 0. The van der Waals surface area contributed by atoms with Crippen LogP contribution in [0.25, 0.3) is 11.1 Å². The summed E-state index contributed by atoms with van der Waals surface area (Å²) >= 11 is 1.45. The molecular formula is C28H24N2O2S. The molecule has 164 valence electrons. The first kappa shape index (κ1) is 21.2. The highest BCUT2D eigenvalue weighted by Gasteiger charge is 2.24. The first-order valence-electron chi connectivity index (χ1n) is 11.1. The van der Waals surface area contributed by atoms with Crippen molar-refractivity contribution in [2.45, 2.75) is 19.3 Å². The Balaban J connectivity index is 1.28. The SMILES string of the molecule is O=C(Cc1ccc(-c2ccccc2)cc1)Nc1ccc2c(c1)N(C(=O)c1cccs1)CCC2. The second-order valence-corrected chi connectivity index (χ2v) is 9.12. The number of thiophene rings is 1. The van der Waals surface area contributed by atoms with Crippen molar-refractivity contribution in [3.63, 3.8) is 0 Å². The summed E-state index contributed by atoms with van der Waals surface area (Å²) in [5.41, 5.74) is 5.99. The summed E-state index contributed by atoms with van der Waals surface area (Å²) in [6.07, 6.45) is 2.17. The van der Waals surface area contributed by atoms with E-state index in [-0.39, 0.29) is 11.8 Å². The number of aryl methyl sites for hydroxylation is 1.